The Bertz CT molecular complexity index is 282. The number of rotatable bonds is 2. The van der Waals surface area contributed by atoms with E-state index in [1.54, 1.807) is 0 Å². The summed E-state index contributed by atoms with van der Waals surface area (Å²) in [5.41, 5.74) is 1.03. The van der Waals surface area contributed by atoms with Crippen molar-refractivity contribution < 1.29 is 9.53 Å². The second kappa shape index (κ2) is 3.92. The lowest BCUT2D eigenvalue weighted by Crippen LogP contribution is -2.07. The first-order valence-corrected chi connectivity index (χ1v) is 4.74. The van der Waals surface area contributed by atoms with Crippen LogP contribution in [0, 0.1) is 6.92 Å². The zero-order valence-electron chi connectivity index (χ0n) is 6.83. The van der Waals surface area contributed by atoms with E-state index in [0.717, 1.165) is 10.4 Å². The minimum absolute atomic E-state index is 0.401. The Kier molecular flexibility index (Phi) is 3.12. The van der Waals surface area contributed by atoms with Crippen molar-refractivity contribution in [1.82, 2.24) is 0 Å². The van der Waals surface area contributed by atoms with Crippen LogP contribution in [0.2, 0.25) is 0 Å². The molecule has 1 rings (SSSR count). The van der Waals surface area contributed by atoms with Gasteiger partial charge in [0.25, 0.3) is 0 Å². The summed E-state index contributed by atoms with van der Waals surface area (Å²) in [6.07, 6.45) is 0. The number of methoxy groups -OCH3 is 1. The molecule has 0 aliphatic heterocycles. The largest absolute Gasteiger partial charge is 0.468 e. The smallest absolute Gasteiger partial charge is 0.329 e. The van der Waals surface area contributed by atoms with Crippen molar-refractivity contribution in [3.05, 3.63) is 21.9 Å². The Balaban J connectivity index is 2.84. The van der Waals surface area contributed by atoms with Gasteiger partial charge in [0.15, 0.2) is 5.38 Å². The van der Waals surface area contributed by atoms with Gasteiger partial charge in [-0.15, -0.1) is 22.9 Å². The topological polar surface area (TPSA) is 26.3 Å². The van der Waals surface area contributed by atoms with Gasteiger partial charge in [0, 0.05) is 4.88 Å². The van der Waals surface area contributed by atoms with E-state index in [-0.39, 0.29) is 0 Å². The normalized spacial score (nSPS) is 12.6. The number of esters is 1. The number of carbonyl (C=O) groups is 1. The van der Waals surface area contributed by atoms with Crippen LogP contribution in [0.1, 0.15) is 15.8 Å². The van der Waals surface area contributed by atoms with Gasteiger partial charge in [-0.25, -0.2) is 0 Å². The number of ether oxygens (including phenoxy) is 1. The third kappa shape index (κ3) is 1.79. The number of alkyl halides is 1. The lowest BCUT2D eigenvalue weighted by Gasteiger charge is -2.05. The third-order valence-corrected chi connectivity index (χ3v) is 3.15. The number of carbonyl (C=O) groups excluding carboxylic acids is 1. The molecule has 66 valence electrons. The maximum Gasteiger partial charge on any atom is 0.329 e. The van der Waals surface area contributed by atoms with Gasteiger partial charge in [0.1, 0.15) is 0 Å². The molecule has 2 nitrogen and oxygen atoms in total. The summed E-state index contributed by atoms with van der Waals surface area (Å²) in [7, 11) is 1.33. The van der Waals surface area contributed by atoms with Crippen LogP contribution < -0.4 is 0 Å². The Morgan fingerprint density at radius 3 is 2.83 bits per heavy atom. The molecule has 0 radical (unpaired) electrons. The summed E-state index contributed by atoms with van der Waals surface area (Å²) in [5.74, 6) is -0.401. The van der Waals surface area contributed by atoms with Gasteiger partial charge in [-0.2, -0.15) is 0 Å². The lowest BCUT2D eigenvalue weighted by molar-refractivity contribution is -0.140. The number of aryl methyl sites for hydroxylation is 1. The standard InChI is InChI=1S/C8H9ClO2S/c1-5-3-4-12-7(5)6(9)8(10)11-2/h3-4,6H,1-2H3. The summed E-state index contributed by atoms with van der Waals surface area (Å²) >= 11 is 7.31. The highest BCUT2D eigenvalue weighted by molar-refractivity contribution is 7.10. The van der Waals surface area contributed by atoms with Crippen molar-refractivity contribution in [3.63, 3.8) is 0 Å². The molecule has 1 aromatic rings. The second-order valence-electron chi connectivity index (χ2n) is 2.35. The molecule has 0 N–H and O–H groups in total. The summed E-state index contributed by atoms with van der Waals surface area (Å²) in [6.45, 7) is 1.92. The molecule has 1 heterocycles. The monoisotopic (exact) mass is 204 g/mol. The number of hydrogen-bond donors (Lipinski definition) is 0. The zero-order chi connectivity index (χ0) is 9.14. The molecule has 1 aromatic heterocycles. The van der Waals surface area contributed by atoms with Crippen molar-refractivity contribution in [1.29, 1.82) is 0 Å². The van der Waals surface area contributed by atoms with E-state index in [1.165, 1.54) is 18.4 Å². The van der Waals surface area contributed by atoms with Crippen LogP contribution in [0.15, 0.2) is 11.4 Å². The molecule has 0 spiro atoms. The van der Waals surface area contributed by atoms with E-state index in [4.69, 9.17) is 11.6 Å². The van der Waals surface area contributed by atoms with Crippen molar-refractivity contribution in [2.75, 3.05) is 7.11 Å². The average Bonchev–Trinajstić information content (AvgIpc) is 2.48. The summed E-state index contributed by atoms with van der Waals surface area (Å²) in [6, 6.07) is 1.93. The van der Waals surface area contributed by atoms with E-state index in [1.807, 2.05) is 18.4 Å². The fourth-order valence-electron chi connectivity index (χ4n) is 0.855. The van der Waals surface area contributed by atoms with Crippen LogP contribution in [0.5, 0.6) is 0 Å². The molecule has 0 saturated heterocycles. The highest BCUT2D eigenvalue weighted by atomic mass is 35.5. The lowest BCUT2D eigenvalue weighted by atomic mass is 10.2. The van der Waals surface area contributed by atoms with Crippen LogP contribution in [0.4, 0.5) is 0 Å². The van der Waals surface area contributed by atoms with E-state index < -0.39 is 11.3 Å². The van der Waals surface area contributed by atoms with Gasteiger partial charge in [0.05, 0.1) is 7.11 Å². The van der Waals surface area contributed by atoms with Gasteiger partial charge in [0.2, 0.25) is 0 Å². The Hall–Kier alpha value is -0.540. The highest BCUT2D eigenvalue weighted by Gasteiger charge is 2.20. The van der Waals surface area contributed by atoms with Gasteiger partial charge in [-0.3, -0.25) is 4.79 Å². The summed E-state index contributed by atoms with van der Waals surface area (Å²) in [4.78, 5) is 11.9. The zero-order valence-corrected chi connectivity index (χ0v) is 8.41. The molecule has 0 saturated carbocycles. The van der Waals surface area contributed by atoms with Crippen molar-refractivity contribution in [2.45, 2.75) is 12.3 Å². The maximum atomic E-state index is 11.0. The maximum absolute atomic E-state index is 11.0. The van der Waals surface area contributed by atoms with Crippen LogP contribution >= 0.6 is 22.9 Å². The molecule has 0 aromatic carbocycles. The van der Waals surface area contributed by atoms with Gasteiger partial charge in [-0.1, -0.05) is 0 Å². The molecular weight excluding hydrogens is 196 g/mol. The number of halogens is 1. The highest BCUT2D eigenvalue weighted by Crippen LogP contribution is 2.29. The molecule has 12 heavy (non-hydrogen) atoms. The van der Waals surface area contributed by atoms with Crippen molar-refractivity contribution >= 4 is 28.9 Å². The van der Waals surface area contributed by atoms with Gasteiger partial charge < -0.3 is 4.74 Å². The first-order chi connectivity index (χ1) is 5.66. The molecule has 1 unspecified atom stereocenters. The predicted molar refractivity (Wildman–Crippen MR) is 49.7 cm³/mol. The van der Waals surface area contributed by atoms with Crippen molar-refractivity contribution in [3.8, 4) is 0 Å². The average molecular weight is 205 g/mol. The van der Waals surface area contributed by atoms with E-state index in [9.17, 15) is 4.79 Å². The third-order valence-electron chi connectivity index (χ3n) is 1.54. The minimum atomic E-state index is -0.657. The fourth-order valence-corrected chi connectivity index (χ4v) is 2.16. The Morgan fingerprint density at radius 1 is 1.75 bits per heavy atom. The van der Waals surface area contributed by atoms with Crippen LogP contribution in [0.25, 0.3) is 0 Å². The molecule has 0 aliphatic rings. The molecule has 4 heteroatoms. The molecule has 0 fully saturated rings. The Labute approximate surface area is 80.1 Å². The molecule has 1 atom stereocenters. The quantitative estimate of drug-likeness (QED) is 0.547. The molecule has 0 bridgehead atoms. The van der Waals surface area contributed by atoms with E-state index in [0.29, 0.717) is 0 Å². The molecular formula is C8H9ClO2S. The van der Waals surface area contributed by atoms with E-state index in [2.05, 4.69) is 4.74 Å². The second-order valence-corrected chi connectivity index (χ2v) is 3.74. The van der Waals surface area contributed by atoms with E-state index >= 15 is 0 Å². The number of hydrogen-bond acceptors (Lipinski definition) is 3. The fraction of sp³-hybridized carbons (Fsp3) is 0.375. The number of thiophene rings is 1. The summed E-state index contributed by atoms with van der Waals surface area (Å²) in [5, 5.41) is 1.25. The van der Waals surface area contributed by atoms with Gasteiger partial charge >= 0.3 is 5.97 Å². The molecule has 0 aliphatic carbocycles. The first-order valence-electron chi connectivity index (χ1n) is 3.42. The predicted octanol–water partition coefficient (Wildman–Crippen LogP) is 2.51. The summed E-state index contributed by atoms with van der Waals surface area (Å²) < 4.78 is 4.53. The van der Waals surface area contributed by atoms with Crippen LogP contribution in [-0.4, -0.2) is 13.1 Å². The van der Waals surface area contributed by atoms with Crippen LogP contribution in [-0.2, 0) is 9.53 Å². The minimum Gasteiger partial charge on any atom is -0.468 e. The van der Waals surface area contributed by atoms with Crippen molar-refractivity contribution in [2.24, 2.45) is 0 Å². The van der Waals surface area contributed by atoms with Crippen LogP contribution in [0.3, 0.4) is 0 Å². The first kappa shape index (κ1) is 9.55. The SMILES string of the molecule is COC(=O)C(Cl)c1sccc1C. The molecule has 0 amide bonds. The Morgan fingerprint density at radius 2 is 2.42 bits per heavy atom. The van der Waals surface area contributed by atoms with Gasteiger partial charge in [-0.05, 0) is 23.9 Å².